The van der Waals surface area contributed by atoms with Gasteiger partial charge in [-0.15, -0.1) is 0 Å². The first-order valence-corrected chi connectivity index (χ1v) is 21.1. The van der Waals surface area contributed by atoms with Gasteiger partial charge in [0.05, 0.1) is 11.4 Å². The zero-order valence-corrected chi connectivity index (χ0v) is 34.2. The molecule has 0 N–H and O–H groups in total. The molecule has 0 amide bonds. The maximum absolute atomic E-state index is 5.25. The van der Waals surface area contributed by atoms with Crippen LogP contribution in [0.5, 0.6) is 0 Å². The highest BCUT2D eigenvalue weighted by molar-refractivity contribution is 6.05. The summed E-state index contributed by atoms with van der Waals surface area (Å²) in [5.41, 5.74) is 19.9. The molecule has 0 aliphatic heterocycles. The van der Waals surface area contributed by atoms with Crippen molar-refractivity contribution in [3.8, 4) is 89.5 Å². The fourth-order valence-corrected chi connectivity index (χ4v) is 9.36. The van der Waals surface area contributed by atoms with Crippen LogP contribution in [0.4, 0.5) is 0 Å². The van der Waals surface area contributed by atoms with Crippen molar-refractivity contribution >= 4 is 10.8 Å². The Bertz CT molecular complexity index is 3240. The van der Waals surface area contributed by atoms with Crippen LogP contribution in [-0.4, -0.2) is 9.97 Å². The fourth-order valence-electron chi connectivity index (χ4n) is 9.36. The predicted octanol–water partition coefficient (Wildman–Crippen LogP) is 15.6. The van der Waals surface area contributed by atoms with Crippen LogP contribution in [-0.2, 0) is 5.41 Å². The Balaban J connectivity index is 0.959. The topological polar surface area (TPSA) is 25.8 Å². The van der Waals surface area contributed by atoms with Crippen molar-refractivity contribution in [3.05, 3.63) is 230 Å². The molecule has 61 heavy (non-hydrogen) atoms. The van der Waals surface area contributed by atoms with Gasteiger partial charge in [-0.2, -0.15) is 0 Å². The molecule has 2 heteroatoms. The van der Waals surface area contributed by atoms with Crippen LogP contribution >= 0.6 is 0 Å². The van der Waals surface area contributed by atoms with Crippen molar-refractivity contribution in [2.45, 2.75) is 19.3 Å². The van der Waals surface area contributed by atoms with Crippen molar-refractivity contribution in [1.29, 1.82) is 0 Å². The largest absolute Gasteiger partial charge is 0.228 e. The molecule has 288 valence electrons. The van der Waals surface area contributed by atoms with E-state index in [1.165, 1.54) is 61.0 Å². The molecule has 10 aromatic rings. The minimum atomic E-state index is -0.107. The average Bonchev–Trinajstić information content (AvgIpc) is 3.56. The molecule has 2 nitrogen and oxygen atoms in total. The highest BCUT2D eigenvalue weighted by atomic mass is 14.9. The SMILES string of the molecule is CC1(C)c2cc(-c3ccccc3)ccc2-c2ccc(-c3ccc(-c4ccc(-c5cc(-c6ccccc6-c6ccccc6)nc(-c6ccccc6)n5)c5ccccc45)cc3)cc21. The van der Waals surface area contributed by atoms with Crippen molar-refractivity contribution in [1.82, 2.24) is 9.97 Å². The quantitative estimate of drug-likeness (QED) is 0.161. The molecule has 0 saturated heterocycles. The lowest BCUT2D eigenvalue weighted by molar-refractivity contribution is 0.661. The number of rotatable bonds is 7. The van der Waals surface area contributed by atoms with E-state index in [-0.39, 0.29) is 5.41 Å². The third kappa shape index (κ3) is 6.45. The van der Waals surface area contributed by atoms with Gasteiger partial charge >= 0.3 is 0 Å². The maximum atomic E-state index is 5.25. The van der Waals surface area contributed by atoms with E-state index in [4.69, 9.17) is 9.97 Å². The number of fused-ring (bicyclic) bond motifs is 4. The molecular formula is C59H42N2. The van der Waals surface area contributed by atoms with Crippen LogP contribution in [0.3, 0.4) is 0 Å². The summed E-state index contributed by atoms with van der Waals surface area (Å²) in [6.45, 7) is 4.73. The molecule has 0 atom stereocenters. The molecule has 0 unspecified atom stereocenters. The summed E-state index contributed by atoms with van der Waals surface area (Å²) in [5, 5.41) is 2.34. The van der Waals surface area contributed by atoms with E-state index in [1.807, 2.05) is 18.2 Å². The van der Waals surface area contributed by atoms with Crippen LogP contribution in [0.15, 0.2) is 218 Å². The van der Waals surface area contributed by atoms with Gasteiger partial charge in [-0.1, -0.05) is 214 Å². The molecule has 0 bridgehead atoms. The van der Waals surface area contributed by atoms with E-state index in [9.17, 15) is 0 Å². The monoisotopic (exact) mass is 778 g/mol. The summed E-state index contributed by atoms with van der Waals surface area (Å²) in [6, 6.07) is 78.5. The highest BCUT2D eigenvalue weighted by Crippen LogP contribution is 2.51. The van der Waals surface area contributed by atoms with E-state index in [0.29, 0.717) is 5.82 Å². The smallest absolute Gasteiger partial charge is 0.160 e. The molecule has 0 spiro atoms. The molecule has 9 aromatic carbocycles. The first kappa shape index (κ1) is 36.4. The number of aromatic nitrogens is 2. The van der Waals surface area contributed by atoms with E-state index in [2.05, 4.69) is 214 Å². The molecule has 11 rings (SSSR count). The third-order valence-electron chi connectivity index (χ3n) is 12.6. The Labute approximate surface area is 357 Å². The van der Waals surface area contributed by atoms with Crippen LogP contribution in [0.2, 0.25) is 0 Å². The first-order valence-electron chi connectivity index (χ1n) is 21.1. The molecule has 0 saturated carbocycles. The van der Waals surface area contributed by atoms with Gasteiger partial charge in [0, 0.05) is 22.1 Å². The molecule has 0 fully saturated rings. The third-order valence-corrected chi connectivity index (χ3v) is 12.6. The van der Waals surface area contributed by atoms with Gasteiger partial charge < -0.3 is 0 Å². The van der Waals surface area contributed by atoms with Crippen molar-refractivity contribution in [2.75, 3.05) is 0 Å². The maximum Gasteiger partial charge on any atom is 0.160 e. The number of benzene rings is 9. The Morgan fingerprint density at radius 1 is 0.279 bits per heavy atom. The van der Waals surface area contributed by atoms with Crippen LogP contribution in [0.1, 0.15) is 25.0 Å². The molecular weight excluding hydrogens is 737 g/mol. The van der Waals surface area contributed by atoms with Gasteiger partial charge in [0.25, 0.3) is 0 Å². The zero-order valence-electron chi connectivity index (χ0n) is 34.2. The number of hydrogen-bond acceptors (Lipinski definition) is 2. The van der Waals surface area contributed by atoms with E-state index < -0.39 is 0 Å². The van der Waals surface area contributed by atoms with Gasteiger partial charge in [0.2, 0.25) is 0 Å². The molecule has 1 aromatic heterocycles. The summed E-state index contributed by atoms with van der Waals surface area (Å²) in [4.78, 5) is 10.5. The Kier molecular flexibility index (Phi) is 8.86. The fraction of sp³-hybridized carbons (Fsp3) is 0.0508. The minimum Gasteiger partial charge on any atom is -0.228 e. The van der Waals surface area contributed by atoms with Gasteiger partial charge in [-0.3, -0.25) is 0 Å². The molecule has 1 heterocycles. The van der Waals surface area contributed by atoms with Crippen molar-refractivity contribution < 1.29 is 0 Å². The molecule has 1 aliphatic rings. The lowest BCUT2D eigenvalue weighted by Crippen LogP contribution is -2.15. The van der Waals surface area contributed by atoms with E-state index in [0.717, 1.165) is 44.6 Å². The normalized spacial score (nSPS) is 12.6. The second-order valence-electron chi connectivity index (χ2n) is 16.5. The first-order chi connectivity index (χ1) is 30.0. The summed E-state index contributed by atoms with van der Waals surface area (Å²) in [5.74, 6) is 0.704. The van der Waals surface area contributed by atoms with Gasteiger partial charge in [-0.05, 0) is 95.7 Å². The average molecular weight is 779 g/mol. The lowest BCUT2D eigenvalue weighted by Gasteiger charge is -2.22. The summed E-state index contributed by atoms with van der Waals surface area (Å²) in [6.07, 6.45) is 0. The van der Waals surface area contributed by atoms with Gasteiger partial charge in [0.1, 0.15) is 0 Å². The zero-order chi connectivity index (χ0) is 40.9. The van der Waals surface area contributed by atoms with Crippen LogP contribution in [0.25, 0.3) is 100 Å². The predicted molar refractivity (Wildman–Crippen MR) is 255 cm³/mol. The van der Waals surface area contributed by atoms with E-state index >= 15 is 0 Å². The highest BCUT2D eigenvalue weighted by Gasteiger charge is 2.36. The van der Waals surface area contributed by atoms with Crippen LogP contribution < -0.4 is 0 Å². The minimum absolute atomic E-state index is 0.107. The Morgan fingerprint density at radius 2 is 0.672 bits per heavy atom. The number of nitrogens with zero attached hydrogens (tertiary/aromatic N) is 2. The summed E-state index contributed by atoms with van der Waals surface area (Å²) in [7, 11) is 0. The Hall–Kier alpha value is -7.68. The molecule has 0 radical (unpaired) electrons. The van der Waals surface area contributed by atoms with Crippen LogP contribution in [0, 0.1) is 0 Å². The van der Waals surface area contributed by atoms with Gasteiger partial charge in [0.15, 0.2) is 5.82 Å². The van der Waals surface area contributed by atoms with Crippen molar-refractivity contribution in [2.24, 2.45) is 0 Å². The Morgan fingerprint density at radius 3 is 1.28 bits per heavy atom. The second-order valence-corrected chi connectivity index (χ2v) is 16.5. The van der Waals surface area contributed by atoms with Crippen molar-refractivity contribution in [3.63, 3.8) is 0 Å². The lowest BCUT2D eigenvalue weighted by atomic mass is 9.81. The van der Waals surface area contributed by atoms with Gasteiger partial charge in [-0.25, -0.2) is 9.97 Å². The standard InChI is InChI=1S/C59H42N2/c1-59(2)54-36-44(39-16-6-3-7-17-39)30-32-50(54)51-33-31-45(37-55(51)59)40-26-28-42(29-27-40)47-34-35-53(49-24-14-13-23-48(47)49)57-38-56(60-58(61-57)43-20-10-5-11-21-43)52-25-15-12-22-46(52)41-18-8-4-9-19-41/h3-38H,1-2H3. The summed E-state index contributed by atoms with van der Waals surface area (Å²) >= 11 is 0. The number of hydrogen-bond donors (Lipinski definition) is 0. The summed E-state index contributed by atoms with van der Waals surface area (Å²) < 4.78 is 0. The van der Waals surface area contributed by atoms with E-state index in [1.54, 1.807) is 0 Å². The molecule has 1 aliphatic carbocycles. The second kappa shape index (κ2) is 14.9.